The summed E-state index contributed by atoms with van der Waals surface area (Å²) in [6.07, 6.45) is 4.75. The van der Waals surface area contributed by atoms with Crippen LogP contribution in [-0.4, -0.2) is 35.5 Å². The van der Waals surface area contributed by atoms with Crippen LogP contribution in [0.4, 0.5) is 0 Å². The summed E-state index contributed by atoms with van der Waals surface area (Å²) >= 11 is 0. The highest BCUT2D eigenvalue weighted by Gasteiger charge is 2.50. The molecule has 108 valence electrons. The SMILES string of the molecule is OCCNC1CCC2CCc3ccc(O)c4c3C2C1O4. The first-order valence-corrected chi connectivity index (χ1v) is 7.65. The second-order valence-corrected chi connectivity index (χ2v) is 6.26. The zero-order valence-electron chi connectivity index (χ0n) is 11.5. The Hall–Kier alpha value is -1.26. The molecule has 1 aromatic rings. The summed E-state index contributed by atoms with van der Waals surface area (Å²) in [5, 5.41) is 22.5. The van der Waals surface area contributed by atoms with Gasteiger partial charge in [0.15, 0.2) is 11.5 Å². The lowest BCUT2D eigenvalue weighted by Crippen LogP contribution is -2.50. The monoisotopic (exact) mass is 275 g/mol. The van der Waals surface area contributed by atoms with E-state index >= 15 is 0 Å². The fraction of sp³-hybridized carbons (Fsp3) is 0.625. The second-order valence-electron chi connectivity index (χ2n) is 6.26. The molecule has 4 nitrogen and oxygen atoms in total. The molecule has 1 fully saturated rings. The van der Waals surface area contributed by atoms with E-state index < -0.39 is 0 Å². The van der Waals surface area contributed by atoms with Gasteiger partial charge in [0, 0.05) is 24.1 Å². The van der Waals surface area contributed by atoms with Gasteiger partial charge in [0.1, 0.15) is 6.10 Å². The molecule has 4 unspecified atom stereocenters. The van der Waals surface area contributed by atoms with Crippen LogP contribution < -0.4 is 10.1 Å². The lowest BCUT2D eigenvalue weighted by atomic mass is 9.66. The fourth-order valence-electron chi connectivity index (χ4n) is 4.42. The highest BCUT2D eigenvalue weighted by Crippen LogP contribution is 2.56. The summed E-state index contributed by atoms with van der Waals surface area (Å²) in [4.78, 5) is 0. The molecule has 3 N–H and O–H groups in total. The normalized spacial score (nSPS) is 33.6. The number of nitrogens with one attached hydrogen (secondary N) is 1. The highest BCUT2D eigenvalue weighted by molar-refractivity contribution is 5.56. The third-order valence-electron chi connectivity index (χ3n) is 5.26. The van der Waals surface area contributed by atoms with Crippen molar-refractivity contribution < 1.29 is 14.9 Å². The second kappa shape index (κ2) is 4.64. The van der Waals surface area contributed by atoms with Crippen molar-refractivity contribution in [2.75, 3.05) is 13.2 Å². The van der Waals surface area contributed by atoms with E-state index in [-0.39, 0.29) is 24.5 Å². The average Bonchev–Trinajstić information content (AvgIpc) is 2.88. The maximum Gasteiger partial charge on any atom is 0.165 e. The molecule has 1 saturated carbocycles. The Morgan fingerprint density at radius 3 is 3.00 bits per heavy atom. The molecule has 0 radical (unpaired) electrons. The van der Waals surface area contributed by atoms with Crippen LogP contribution in [0.2, 0.25) is 0 Å². The lowest BCUT2D eigenvalue weighted by Gasteiger charge is -2.41. The average molecular weight is 275 g/mol. The van der Waals surface area contributed by atoms with Crippen LogP contribution in [0.3, 0.4) is 0 Å². The number of aliphatic hydroxyl groups excluding tert-OH is 1. The molecular formula is C16H21NO3. The molecule has 4 rings (SSSR count). The number of phenols is 1. The Kier molecular flexibility index (Phi) is 2.89. The minimum atomic E-state index is 0.114. The summed E-state index contributed by atoms with van der Waals surface area (Å²) in [6.45, 7) is 0.762. The molecule has 0 amide bonds. The van der Waals surface area contributed by atoms with Crippen LogP contribution in [-0.2, 0) is 6.42 Å². The standard InChI is InChI=1S/C16H21NO3/c18-8-7-17-11-5-3-9-1-2-10-4-6-12(19)16-14(10)13(9)15(11)20-16/h4,6,9,11,13,15,17-19H,1-3,5,7-8H2. The van der Waals surface area contributed by atoms with Gasteiger partial charge in [-0.25, -0.2) is 0 Å². The summed E-state index contributed by atoms with van der Waals surface area (Å²) in [6, 6.07) is 4.10. The molecule has 1 heterocycles. The lowest BCUT2D eigenvalue weighted by molar-refractivity contribution is 0.0789. The van der Waals surface area contributed by atoms with Gasteiger partial charge in [-0.15, -0.1) is 0 Å². The predicted molar refractivity (Wildman–Crippen MR) is 75.2 cm³/mol. The van der Waals surface area contributed by atoms with Gasteiger partial charge in [0.25, 0.3) is 0 Å². The largest absolute Gasteiger partial charge is 0.504 e. The molecular weight excluding hydrogens is 254 g/mol. The first kappa shape index (κ1) is 12.5. The van der Waals surface area contributed by atoms with Crippen LogP contribution >= 0.6 is 0 Å². The Morgan fingerprint density at radius 2 is 2.15 bits per heavy atom. The van der Waals surface area contributed by atoms with Crippen LogP contribution in [0.25, 0.3) is 0 Å². The number of aryl methyl sites for hydroxylation is 1. The topological polar surface area (TPSA) is 61.7 Å². The fourth-order valence-corrected chi connectivity index (χ4v) is 4.42. The van der Waals surface area contributed by atoms with Gasteiger partial charge < -0.3 is 20.3 Å². The molecule has 1 aromatic carbocycles. The van der Waals surface area contributed by atoms with Crippen molar-refractivity contribution >= 4 is 0 Å². The molecule has 20 heavy (non-hydrogen) atoms. The zero-order valence-corrected chi connectivity index (χ0v) is 11.5. The number of aliphatic hydroxyl groups is 1. The maximum absolute atomic E-state index is 10.1. The van der Waals surface area contributed by atoms with Gasteiger partial charge in [-0.1, -0.05) is 6.07 Å². The predicted octanol–water partition coefficient (Wildman–Crippen LogP) is 1.54. The van der Waals surface area contributed by atoms with Gasteiger partial charge in [0.05, 0.1) is 6.61 Å². The van der Waals surface area contributed by atoms with Crippen molar-refractivity contribution in [3.63, 3.8) is 0 Å². The van der Waals surface area contributed by atoms with E-state index in [0.717, 1.165) is 18.6 Å². The van der Waals surface area contributed by atoms with Crippen molar-refractivity contribution in [2.45, 2.75) is 43.7 Å². The minimum Gasteiger partial charge on any atom is -0.504 e. The summed E-state index contributed by atoms with van der Waals surface area (Å²) in [7, 11) is 0. The van der Waals surface area contributed by atoms with Crippen molar-refractivity contribution in [1.82, 2.24) is 5.32 Å². The number of aromatic hydroxyl groups is 1. The molecule has 0 spiro atoms. The smallest absolute Gasteiger partial charge is 0.165 e. The third-order valence-corrected chi connectivity index (χ3v) is 5.26. The molecule has 2 aliphatic carbocycles. The van der Waals surface area contributed by atoms with E-state index in [4.69, 9.17) is 9.84 Å². The van der Waals surface area contributed by atoms with Crippen molar-refractivity contribution in [1.29, 1.82) is 0 Å². The van der Waals surface area contributed by atoms with Crippen LogP contribution in [0.5, 0.6) is 11.5 Å². The molecule has 1 aliphatic heterocycles. The third kappa shape index (κ3) is 1.68. The van der Waals surface area contributed by atoms with Gasteiger partial charge in [-0.2, -0.15) is 0 Å². The van der Waals surface area contributed by atoms with E-state index in [9.17, 15) is 5.11 Å². The molecule has 4 atom stereocenters. The molecule has 0 bridgehead atoms. The van der Waals surface area contributed by atoms with E-state index in [1.54, 1.807) is 6.07 Å². The summed E-state index contributed by atoms with van der Waals surface area (Å²) in [5.41, 5.74) is 2.62. The minimum absolute atomic E-state index is 0.114. The number of phenolic OH excluding ortho intramolecular Hbond substituents is 1. The molecule has 0 saturated heterocycles. The van der Waals surface area contributed by atoms with E-state index in [1.807, 2.05) is 0 Å². The maximum atomic E-state index is 10.1. The van der Waals surface area contributed by atoms with E-state index in [2.05, 4.69) is 11.4 Å². The van der Waals surface area contributed by atoms with Crippen molar-refractivity contribution in [3.05, 3.63) is 23.3 Å². The van der Waals surface area contributed by atoms with E-state index in [0.29, 0.717) is 18.4 Å². The van der Waals surface area contributed by atoms with Crippen molar-refractivity contribution in [3.8, 4) is 11.5 Å². The summed E-state index contributed by atoms with van der Waals surface area (Å²) < 4.78 is 6.15. The number of ether oxygens (including phenoxy) is 1. The molecule has 4 heteroatoms. The van der Waals surface area contributed by atoms with Gasteiger partial charge in [-0.3, -0.25) is 0 Å². The first-order valence-electron chi connectivity index (χ1n) is 7.65. The molecule has 0 aromatic heterocycles. The van der Waals surface area contributed by atoms with Gasteiger partial charge in [0.2, 0.25) is 0 Å². The Balaban J connectivity index is 1.72. The number of benzene rings is 1. The highest BCUT2D eigenvalue weighted by atomic mass is 16.5. The van der Waals surface area contributed by atoms with Gasteiger partial charge in [-0.05, 0) is 43.2 Å². The zero-order chi connectivity index (χ0) is 13.7. The van der Waals surface area contributed by atoms with Crippen LogP contribution in [0.1, 0.15) is 36.3 Å². The number of hydrogen-bond donors (Lipinski definition) is 3. The van der Waals surface area contributed by atoms with Crippen molar-refractivity contribution in [2.24, 2.45) is 5.92 Å². The number of hydrogen-bond acceptors (Lipinski definition) is 4. The van der Waals surface area contributed by atoms with Crippen LogP contribution in [0.15, 0.2) is 12.1 Å². The first-order chi connectivity index (χ1) is 9.79. The van der Waals surface area contributed by atoms with Gasteiger partial charge >= 0.3 is 0 Å². The molecule has 3 aliphatic rings. The Labute approximate surface area is 118 Å². The van der Waals surface area contributed by atoms with E-state index in [1.165, 1.54) is 24.0 Å². The summed E-state index contributed by atoms with van der Waals surface area (Å²) in [5.74, 6) is 2.10. The Bertz CT molecular complexity index is 531. The number of rotatable bonds is 3. The quantitative estimate of drug-likeness (QED) is 0.783. The Morgan fingerprint density at radius 1 is 1.25 bits per heavy atom. The van der Waals surface area contributed by atoms with Crippen LogP contribution in [0, 0.1) is 5.92 Å².